The van der Waals surface area contributed by atoms with Crippen molar-refractivity contribution in [2.45, 2.75) is 19.8 Å². The molecule has 0 spiro atoms. The van der Waals surface area contributed by atoms with Crippen LogP contribution in [0.15, 0.2) is 33.6 Å². The molecule has 10 heteroatoms. The first-order valence-electron chi connectivity index (χ1n) is 7.95. The Hall–Kier alpha value is -3.30. The van der Waals surface area contributed by atoms with Crippen molar-refractivity contribution in [3.8, 4) is 11.6 Å². The number of fused-ring (bicyclic) bond motifs is 1. The maximum absolute atomic E-state index is 10.8. The lowest BCUT2D eigenvalue weighted by Crippen LogP contribution is -2.30. The molecule has 25 heavy (non-hydrogen) atoms. The van der Waals surface area contributed by atoms with Crippen LogP contribution in [0.1, 0.15) is 25.6 Å². The number of hydrogen-bond acceptors (Lipinski definition) is 8. The smallest absolute Gasteiger partial charge is 0.397 e. The molecule has 4 rings (SSSR count). The molecule has 130 valence electrons. The minimum Gasteiger partial charge on any atom is -0.397 e. The van der Waals surface area contributed by atoms with Gasteiger partial charge in [0.15, 0.2) is 11.6 Å². The molecule has 1 fully saturated rings. The number of rotatable bonds is 3. The Kier molecular flexibility index (Phi) is 3.45. The second kappa shape index (κ2) is 5.65. The van der Waals surface area contributed by atoms with E-state index < -0.39 is 4.92 Å². The quantitative estimate of drug-likeness (QED) is 0.635. The molecular weight excluding hydrogens is 326 g/mol. The fourth-order valence-corrected chi connectivity index (χ4v) is 3.09. The Balaban J connectivity index is 1.73. The van der Waals surface area contributed by atoms with E-state index in [-0.39, 0.29) is 11.6 Å². The summed E-state index contributed by atoms with van der Waals surface area (Å²) in [6.07, 6.45) is 4.04. The van der Waals surface area contributed by atoms with Crippen molar-refractivity contribution >= 4 is 12.0 Å². The van der Waals surface area contributed by atoms with E-state index in [9.17, 15) is 10.1 Å². The zero-order chi connectivity index (χ0) is 17.6. The molecule has 2 aliphatic rings. The number of aromatic nitrogens is 3. The lowest BCUT2D eigenvalue weighted by molar-refractivity contribution is -0.401. The summed E-state index contributed by atoms with van der Waals surface area (Å²) < 4.78 is 6.86. The highest BCUT2D eigenvalue weighted by atomic mass is 16.6. The summed E-state index contributed by atoms with van der Waals surface area (Å²) in [7, 11) is 0. The first-order valence-corrected chi connectivity index (χ1v) is 7.95. The summed E-state index contributed by atoms with van der Waals surface area (Å²) >= 11 is 0. The van der Waals surface area contributed by atoms with Gasteiger partial charge in [-0.3, -0.25) is 15.5 Å². The molecular formula is C15H17N7O3. The van der Waals surface area contributed by atoms with E-state index in [4.69, 9.17) is 10.2 Å². The zero-order valence-corrected chi connectivity index (χ0v) is 13.6. The lowest BCUT2D eigenvalue weighted by atomic mass is 10.2. The Morgan fingerprint density at radius 3 is 2.80 bits per heavy atom. The van der Waals surface area contributed by atoms with E-state index in [1.165, 1.54) is 12.1 Å². The highest BCUT2D eigenvalue weighted by molar-refractivity contribution is 5.62. The van der Waals surface area contributed by atoms with Gasteiger partial charge in [-0.2, -0.15) is 0 Å². The number of hydrogen-bond donors (Lipinski definition) is 2. The van der Waals surface area contributed by atoms with Gasteiger partial charge in [0, 0.05) is 24.9 Å². The predicted molar refractivity (Wildman–Crippen MR) is 89.4 cm³/mol. The van der Waals surface area contributed by atoms with Crippen LogP contribution in [0.2, 0.25) is 0 Å². The van der Waals surface area contributed by atoms with Gasteiger partial charge in [-0.25, -0.2) is 4.68 Å². The number of nitrogens with one attached hydrogen (secondary N) is 1. The third-order valence-corrected chi connectivity index (χ3v) is 4.42. The minimum atomic E-state index is -0.592. The largest absolute Gasteiger partial charge is 0.433 e. The van der Waals surface area contributed by atoms with Gasteiger partial charge < -0.3 is 15.1 Å². The first-order chi connectivity index (χ1) is 12.0. The average molecular weight is 343 g/mol. The van der Waals surface area contributed by atoms with E-state index >= 15 is 0 Å². The molecule has 0 amide bonds. The number of nitrogens with two attached hydrogens (primary N) is 1. The van der Waals surface area contributed by atoms with Crippen molar-refractivity contribution in [3.63, 3.8) is 0 Å². The van der Waals surface area contributed by atoms with E-state index in [1.807, 2.05) is 6.92 Å². The van der Waals surface area contributed by atoms with E-state index in [0.717, 1.165) is 37.3 Å². The summed E-state index contributed by atoms with van der Waals surface area (Å²) in [5, 5.41) is 18.9. The van der Waals surface area contributed by atoms with Crippen LogP contribution in [0.5, 0.6) is 0 Å². The number of furan rings is 1. The summed E-state index contributed by atoms with van der Waals surface area (Å²) in [6, 6.07) is 2.78. The Labute approximate surface area is 142 Å². The van der Waals surface area contributed by atoms with Gasteiger partial charge in [-0.1, -0.05) is 0 Å². The summed E-state index contributed by atoms with van der Waals surface area (Å²) in [4.78, 5) is 12.5. The Morgan fingerprint density at radius 2 is 2.12 bits per heavy atom. The summed E-state index contributed by atoms with van der Waals surface area (Å²) in [6.45, 7) is 4.01. The molecule has 0 aromatic carbocycles. The predicted octanol–water partition coefficient (Wildman–Crippen LogP) is 1.63. The number of nitrogens with zero attached hydrogens (tertiary/aromatic N) is 5. The van der Waals surface area contributed by atoms with Gasteiger partial charge >= 0.3 is 5.88 Å². The van der Waals surface area contributed by atoms with Gasteiger partial charge in [-0.15, -0.1) is 10.2 Å². The number of allylic oxidation sites excluding steroid dienone is 1. The van der Waals surface area contributed by atoms with Crippen LogP contribution in [0.25, 0.3) is 17.7 Å². The third kappa shape index (κ3) is 2.51. The van der Waals surface area contributed by atoms with Crippen molar-refractivity contribution in [1.29, 1.82) is 0 Å². The second-order valence-corrected chi connectivity index (χ2v) is 5.98. The van der Waals surface area contributed by atoms with Crippen molar-refractivity contribution in [2.75, 3.05) is 18.5 Å². The molecule has 2 aromatic rings. The molecule has 0 atom stereocenters. The van der Waals surface area contributed by atoms with E-state index in [1.54, 1.807) is 10.8 Å². The third-order valence-electron chi connectivity index (χ3n) is 4.42. The normalized spacial score (nSPS) is 18.6. The molecule has 0 aliphatic carbocycles. The number of likely N-dealkylation sites (tertiary alicyclic amines) is 1. The van der Waals surface area contributed by atoms with E-state index in [0.29, 0.717) is 17.3 Å². The maximum atomic E-state index is 10.8. The van der Waals surface area contributed by atoms with Crippen LogP contribution in [0.4, 0.5) is 5.88 Å². The van der Waals surface area contributed by atoms with Gasteiger partial charge in [0.2, 0.25) is 5.82 Å². The van der Waals surface area contributed by atoms with Gasteiger partial charge in [-0.05, 0) is 25.8 Å². The first kappa shape index (κ1) is 15.2. The molecule has 0 unspecified atom stereocenters. The monoisotopic (exact) mass is 343 g/mol. The number of nitro groups is 1. The molecule has 4 heterocycles. The molecule has 1 saturated heterocycles. The SMILES string of the molecule is CC(=C1Nn2c(nnc2-c2ccc([N+](=O)[O-])o2)C=C1N)N1CCCC1. The topological polar surface area (TPSA) is 128 Å². The van der Waals surface area contributed by atoms with Crippen molar-refractivity contribution in [3.05, 3.63) is 45.2 Å². The molecule has 10 nitrogen and oxygen atoms in total. The standard InChI is InChI=1S/C15H17N7O3/c1-9(20-6-2-3-7-20)14-10(16)8-12-17-18-15(21(12)19-14)11-4-5-13(25-11)22(23)24/h4-5,8,19H,2-3,6-7,16H2,1H3. The second-order valence-electron chi connectivity index (χ2n) is 5.98. The van der Waals surface area contributed by atoms with Gasteiger partial charge in [0.1, 0.15) is 4.92 Å². The summed E-state index contributed by atoms with van der Waals surface area (Å²) in [5.74, 6) is 0.760. The van der Waals surface area contributed by atoms with Crippen LogP contribution in [0.3, 0.4) is 0 Å². The zero-order valence-electron chi connectivity index (χ0n) is 13.6. The van der Waals surface area contributed by atoms with Crippen LogP contribution in [0, 0.1) is 10.1 Å². The van der Waals surface area contributed by atoms with Gasteiger partial charge in [0.05, 0.1) is 17.5 Å². The van der Waals surface area contributed by atoms with Crippen LogP contribution in [-0.4, -0.2) is 37.8 Å². The Bertz CT molecular complexity index is 902. The Morgan fingerprint density at radius 1 is 1.36 bits per heavy atom. The minimum absolute atomic E-state index is 0.255. The van der Waals surface area contributed by atoms with Crippen LogP contribution in [-0.2, 0) is 0 Å². The van der Waals surface area contributed by atoms with Crippen LogP contribution >= 0.6 is 0 Å². The molecule has 3 N–H and O–H groups in total. The highest BCUT2D eigenvalue weighted by Gasteiger charge is 2.25. The van der Waals surface area contributed by atoms with Gasteiger partial charge in [0.25, 0.3) is 0 Å². The fraction of sp³-hybridized carbons (Fsp3) is 0.333. The highest BCUT2D eigenvalue weighted by Crippen LogP contribution is 2.28. The maximum Gasteiger partial charge on any atom is 0.433 e. The average Bonchev–Trinajstić information content (AvgIpc) is 3.32. The molecule has 0 bridgehead atoms. The van der Waals surface area contributed by atoms with Crippen molar-refractivity contribution < 1.29 is 9.34 Å². The molecule has 2 aromatic heterocycles. The molecule has 0 radical (unpaired) electrons. The van der Waals surface area contributed by atoms with Crippen molar-refractivity contribution in [2.24, 2.45) is 5.73 Å². The molecule has 0 saturated carbocycles. The van der Waals surface area contributed by atoms with Crippen LogP contribution < -0.4 is 11.2 Å². The van der Waals surface area contributed by atoms with E-state index in [2.05, 4.69) is 20.5 Å². The fourth-order valence-electron chi connectivity index (χ4n) is 3.09. The summed E-state index contributed by atoms with van der Waals surface area (Å²) in [5.41, 5.74) is 11.8. The molecule has 2 aliphatic heterocycles. The lowest BCUT2D eigenvalue weighted by Gasteiger charge is -2.26. The van der Waals surface area contributed by atoms with Crippen molar-refractivity contribution in [1.82, 2.24) is 19.8 Å².